The van der Waals surface area contributed by atoms with Crippen molar-refractivity contribution in [3.05, 3.63) is 34.6 Å². The highest BCUT2D eigenvalue weighted by Gasteiger charge is 1.99. The molecule has 4 nitrogen and oxygen atoms in total. The molecule has 0 saturated carbocycles. The fourth-order valence-corrected chi connectivity index (χ4v) is 0.972. The van der Waals surface area contributed by atoms with E-state index in [1.165, 1.54) is 24.4 Å². The third kappa shape index (κ3) is 3.95. The van der Waals surface area contributed by atoms with Crippen molar-refractivity contribution in [2.75, 3.05) is 6.61 Å². The fourth-order valence-electron chi connectivity index (χ4n) is 0.783. The van der Waals surface area contributed by atoms with Gasteiger partial charge in [0, 0.05) is 0 Å². The molecule has 0 radical (unpaired) electrons. The normalized spacial score (nSPS) is 10.5. The summed E-state index contributed by atoms with van der Waals surface area (Å²) < 4.78 is 12.7. The van der Waals surface area contributed by atoms with E-state index in [9.17, 15) is 9.18 Å². The molecule has 0 aliphatic heterocycles. The molecule has 1 aromatic rings. The van der Waals surface area contributed by atoms with Gasteiger partial charge in [-0.15, -0.1) is 0 Å². The molecule has 0 spiro atoms. The minimum Gasteiger partial charge on any atom is -0.479 e. The van der Waals surface area contributed by atoms with E-state index in [1.54, 1.807) is 0 Å². The molecule has 0 fully saturated rings. The van der Waals surface area contributed by atoms with Gasteiger partial charge in [0.15, 0.2) is 0 Å². The molecule has 1 rings (SSSR count). The van der Waals surface area contributed by atoms with Gasteiger partial charge in [-0.3, -0.25) is 0 Å². The van der Waals surface area contributed by atoms with Crippen molar-refractivity contribution in [3.63, 3.8) is 0 Å². The second kappa shape index (κ2) is 5.31. The van der Waals surface area contributed by atoms with Gasteiger partial charge in [0.1, 0.15) is 5.82 Å². The zero-order valence-corrected chi connectivity index (χ0v) is 8.24. The summed E-state index contributed by atoms with van der Waals surface area (Å²) in [5, 5.41) is 11.6. The first-order chi connectivity index (χ1) is 7.09. The van der Waals surface area contributed by atoms with Crippen LogP contribution in [0.2, 0.25) is 5.02 Å². The van der Waals surface area contributed by atoms with Crippen LogP contribution in [0.4, 0.5) is 4.39 Å². The molecule has 1 N–H and O–H groups in total. The van der Waals surface area contributed by atoms with Crippen LogP contribution < -0.4 is 0 Å². The maximum Gasteiger partial charge on any atom is 0.344 e. The average Bonchev–Trinajstić information content (AvgIpc) is 2.18. The molecule has 0 aliphatic carbocycles. The Bertz CT molecular complexity index is 395. The number of carboxylic acids is 1. The summed E-state index contributed by atoms with van der Waals surface area (Å²) in [6.45, 7) is -0.522. The van der Waals surface area contributed by atoms with Gasteiger partial charge in [0.25, 0.3) is 0 Å². The lowest BCUT2D eigenvalue weighted by molar-refractivity contribution is -0.142. The number of carboxylic acid groups (broad SMARTS) is 1. The molecule has 0 aromatic heterocycles. The van der Waals surface area contributed by atoms with Crippen LogP contribution in [0.25, 0.3) is 0 Å². The van der Waals surface area contributed by atoms with E-state index in [1.807, 2.05) is 0 Å². The lowest BCUT2D eigenvalue weighted by Gasteiger charge is -1.96. The molecule has 0 atom stereocenters. The van der Waals surface area contributed by atoms with Gasteiger partial charge in [0.2, 0.25) is 6.61 Å². The Labute approximate surface area is 89.9 Å². The predicted octanol–water partition coefficient (Wildman–Crippen LogP) is 1.91. The Morgan fingerprint density at radius 3 is 3.00 bits per heavy atom. The van der Waals surface area contributed by atoms with Crippen LogP contribution in [0.15, 0.2) is 23.4 Å². The molecular weight excluding hydrogens is 225 g/mol. The number of halogens is 2. The number of nitrogens with zero attached hydrogens (tertiary/aromatic N) is 1. The first-order valence-corrected chi connectivity index (χ1v) is 4.29. The lowest BCUT2D eigenvalue weighted by Crippen LogP contribution is -2.03. The van der Waals surface area contributed by atoms with Crippen LogP contribution >= 0.6 is 11.6 Å². The molecule has 80 valence electrons. The van der Waals surface area contributed by atoms with Crippen LogP contribution in [-0.4, -0.2) is 23.9 Å². The highest BCUT2D eigenvalue weighted by Crippen LogP contribution is 2.14. The highest BCUT2D eigenvalue weighted by molar-refractivity contribution is 6.31. The maximum absolute atomic E-state index is 12.7. The quantitative estimate of drug-likeness (QED) is 0.636. The van der Waals surface area contributed by atoms with Crippen LogP contribution in [0.1, 0.15) is 5.56 Å². The summed E-state index contributed by atoms with van der Waals surface area (Å²) in [5.74, 6) is -1.65. The molecule has 0 heterocycles. The summed E-state index contributed by atoms with van der Waals surface area (Å²) in [7, 11) is 0. The largest absolute Gasteiger partial charge is 0.479 e. The van der Waals surface area contributed by atoms with E-state index < -0.39 is 18.4 Å². The number of hydrogen-bond acceptors (Lipinski definition) is 3. The molecule has 0 aliphatic rings. The molecule has 0 unspecified atom stereocenters. The number of aliphatic carboxylic acids is 1. The minimum atomic E-state index is -1.12. The van der Waals surface area contributed by atoms with E-state index >= 15 is 0 Å². The Kier molecular flexibility index (Phi) is 4.05. The maximum atomic E-state index is 12.7. The third-order valence-electron chi connectivity index (χ3n) is 1.41. The number of hydrogen-bond donors (Lipinski definition) is 1. The number of benzene rings is 1. The first kappa shape index (κ1) is 11.5. The number of oxime groups is 1. The summed E-state index contributed by atoms with van der Waals surface area (Å²) in [5.41, 5.74) is 0.520. The Morgan fingerprint density at radius 2 is 2.40 bits per heavy atom. The molecular formula is C9H7ClFNO3. The second-order valence-electron chi connectivity index (χ2n) is 2.58. The van der Waals surface area contributed by atoms with Crippen molar-refractivity contribution < 1.29 is 19.1 Å². The van der Waals surface area contributed by atoms with Gasteiger partial charge in [-0.2, -0.15) is 0 Å². The Balaban J connectivity index is 2.57. The van der Waals surface area contributed by atoms with Gasteiger partial charge >= 0.3 is 5.97 Å². The molecule has 0 amide bonds. The minimum absolute atomic E-state index is 0.0304. The monoisotopic (exact) mass is 231 g/mol. The summed E-state index contributed by atoms with van der Waals surface area (Å²) in [6, 6.07) is 3.97. The lowest BCUT2D eigenvalue weighted by atomic mass is 10.2. The van der Waals surface area contributed by atoms with Crippen LogP contribution in [-0.2, 0) is 9.63 Å². The van der Waals surface area contributed by atoms with Gasteiger partial charge in [-0.05, 0) is 17.7 Å². The third-order valence-corrected chi connectivity index (χ3v) is 1.70. The average molecular weight is 232 g/mol. The zero-order valence-electron chi connectivity index (χ0n) is 7.48. The second-order valence-corrected chi connectivity index (χ2v) is 2.98. The van der Waals surface area contributed by atoms with Crippen LogP contribution in [0.5, 0.6) is 0 Å². The smallest absolute Gasteiger partial charge is 0.344 e. The van der Waals surface area contributed by atoms with Gasteiger partial charge in [0.05, 0.1) is 11.2 Å². The molecule has 1 aromatic carbocycles. The molecule has 0 saturated heterocycles. The Morgan fingerprint density at radius 1 is 1.67 bits per heavy atom. The number of rotatable bonds is 4. The summed E-state index contributed by atoms with van der Waals surface area (Å²) >= 11 is 5.51. The van der Waals surface area contributed by atoms with E-state index in [0.29, 0.717) is 5.56 Å². The molecule has 0 bridgehead atoms. The highest BCUT2D eigenvalue weighted by atomic mass is 35.5. The van der Waals surface area contributed by atoms with Crippen molar-refractivity contribution in [2.45, 2.75) is 0 Å². The van der Waals surface area contributed by atoms with E-state index in [4.69, 9.17) is 16.7 Å². The van der Waals surface area contributed by atoms with Gasteiger partial charge in [-0.25, -0.2) is 9.18 Å². The number of carbonyl (C=O) groups is 1. The molecule has 15 heavy (non-hydrogen) atoms. The topological polar surface area (TPSA) is 58.9 Å². The van der Waals surface area contributed by atoms with Crippen LogP contribution in [0.3, 0.4) is 0 Å². The van der Waals surface area contributed by atoms with E-state index in [2.05, 4.69) is 9.99 Å². The summed E-state index contributed by atoms with van der Waals surface area (Å²) in [4.78, 5) is 14.4. The van der Waals surface area contributed by atoms with Gasteiger partial charge < -0.3 is 9.94 Å². The standard InChI is InChI=1S/C9H7ClFNO3/c10-7-3-6(1-2-8(7)11)4-12-15-5-9(13)14/h1-4H,5H2,(H,13,14)/b12-4+. The van der Waals surface area contributed by atoms with Crippen LogP contribution in [0, 0.1) is 5.82 Å². The van der Waals surface area contributed by atoms with Crippen molar-refractivity contribution >= 4 is 23.8 Å². The van der Waals surface area contributed by atoms with Gasteiger partial charge in [-0.1, -0.05) is 22.8 Å². The first-order valence-electron chi connectivity index (χ1n) is 3.92. The van der Waals surface area contributed by atoms with E-state index in [0.717, 1.165) is 0 Å². The summed E-state index contributed by atoms with van der Waals surface area (Å²) in [6.07, 6.45) is 1.24. The van der Waals surface area contributed by atoms with Crippen molar-refractivity contribution in [3.8, 4) is 0 Å². The van der Waals surface area contributed by atoms with E-state index in [-0.39, 0.29) is 5.02 Å². The zero-order chi connectivity index (χ0) is 11.3. The van der Waals surface area contributed by atoms with Crippen molar-refractivity contribution in [1.29, 1.82) is 0 Å². The predicted molar refractivity (Wildman–Crippen MR) is 52.6 cm³/mol. The SMILES string of the molecule is O=C(O)CO/N=C/c1ccc(F)c(Cl)c1. The Hall–Kier alpha value is -1.62. The van der Waals surface area contributed by atoms with Crippen molar-refractivity contribution in [2.24, 2.45) is 5.16 Å². The molecule has 6 heteroatoms. The van der Waals surface area contributed by atoms with Crippen molar-refractivity contribution in [1.82, 2.24) is 0 Å². The fraction of sp³-hybridized carbons (Fsp3) is 0.111.